The van der Waals surface area contributed by atoms with Crippen LogP contribution in [-0.2, 0) is 19.0 Å². The van der Waals surface area contributed by atoms with Crippen LogP contribution in [0.25, 0.3) is 11.1 Å². The molecule has 0 heterocycles. The van der Waals surface area contributed by atoms with E-state index < -0.39 is 7.26 Å². The van der Waals surface area contributed by atoms with Gasteiger partial charge in [0.05, 0.1) is 34.6 Å². The van der Waals surface area contributed by atoms with Gasteiger partial charge in [0, 0.05) is 17.2 Å². The molecule has 0 aliphatic carbocycles. The Balaban J connectivity index is 1.21. The summed E-state index contributed by atoms with van der Waals surface area (Å²) in [6.45, 7) is 0. The second-order valence-electron chi connectivity index (χ2n) is 13.6. The second-order valence-corrected chi connectivity index (χ2v) is 17.1. The van der Waals surface area contributed by atoms with Crippen LogP contribution in [0.3, 0.4) is 0 Å². The number of methoxy groups -OCH3 is 4. The smallest absolute Gasteiger partial charge is 0.169 e. The van der Waals surface area contributed by atoms with Crippen molar-refractivity contribution in [1.82, 2.24) is 0 Å². The van der Waals surface area contributed by atoms with Crippen LogP contribution >= 0.6 is 7.26 Å². The molecule has 0 fully saturated rings. The van der Waals surface area contributed by atoms with Crippen molar-refractivity contribution in [2.75, 3.05) is 28.4 Å². The summed E-state index contributed by atoms with van der Waals surface area (Å²) in [5.41, 5.74) is 5.95. The fourth-order valence-electron chi connectivity index (χ4n) is 7.50. The minimum atomic E-state index is -2.11. The zero-order chi connectivity index (χ0) is 39.6. The number of aldehydes is 1. The summed E-state index contributed by atoms with van der Waals surface area (Å²) < 4.78 is 29.4. The first kappa shape index (κ1) is 38.9. The van der Waals surface area contributed by atoms with E-state index in [1.54, 1.807) is 46.6 Å². The van der Waals surface area contributed by atoms with Crippen LogP contribution in [0.4, 0.5) is 0 Å². The molecule has 7 aromatic rings. The number of carbonyl (C=O) groups excluding carboxylic acids is 1. The molecule has 6 nitrogen and oxygen atoms in total. The Hall–Kier alpha value is -6.36. The summed E-state index contributed by atoms with van der Waals surface area (Å²) in [5, 5.41) is 4.01. The van der Waals surface area contributed by atoms with Gasteiger partial charge in [0.2, 0.25) is 0 Å². The molecule has 0 saturated heterocycles. The Bertz CT molecular complexity index is 2340. The fourth-order valence-corrected chi connectivity index (χ4v) is 11.7. The standard InChI is InChI=1S/C50H46O6P/c1-52-40-26-28-45(39(32-40)23-22-38-24-25-41(33-48(38)54-3)56-50-30-36(34-51)21-29-47(50)53-2)46-27-20-37(31-49(46)55-4)35-57(42-14-8-5-9-15-42,43-16-10-6-11-17-43)44-18-12-7-13-19-44/h5-21,24-34H,22-23,35H2,1-4H3/q+1. The average molecular weight is 774 g/mol. The van der Waals surface area contributed by atoms with E-state index in [2.05, 4.69) is 121 Å². The lowest BCUT2D eigenvalue weighted by Gasteiger charge is -2.28. The fraction of sp³-hybridized carbons (Fsp3) is 0.140. The third-order valence-corrected chi connectivity index (χ3v) is 14.7. The van der Waals surface area contributed by atoms with Gasteiger partial charge in [-0.05, 0) is 114 Å². The highest BCUT2D eigenvalue weighted by Crippen LogP contribution is 2.58. The minimum Gasteiger partial charge on any atom is -0.497 e. The third-order valence-electron chi connectivity index (χ3n) is 10.4. The highest BCUT2D eigenvalue weighted by Gasteiger charge is 2.45. The van der Waals surface area contributed by atoms with Crippen molar-refractivity contribution in [3.05, 3.63) is 186 Å². The molecule has 0 unspecified atom stereocenters. The molecule has 0 aromatic heterocycles. The number of carbonyl (C=O) groups is 1. The van der Waals surface area contributed by atoms with E-state index in [1.807, 2.05) is 24.3 Å². The largest absolute Gasteiger partial charge is 0.497 e. The predicted octanol–water partition coefficient (Wildman–Crippen LogP) is 10.3. The highest BCUT2D eigenvalue weighted by molar-refractivity contribution is 7.95. The molecule has 0 N–H and O–H groups in total. The topological polar surface area (TPSA) is 63.2 Å². The molecule has 7 heteroatoms. The van der Waals surface area contributed by atoms with Gasteiger partial charge >= 0.3 is 0 Å². The Morgan fingerprint density at radius 1 is 0.456 bits per heavy atom. The molecule has 7 aromatic carbocycles. The average Bonchev–Trinajstić information content (AvgIpc) is 3.28. The monoisotopic (exact) mass is 773 g/mol. The van der Waals surface area contributed by atoms with Gasteiger partial charge in [-0.15, -0.1) is 0 Å². The molecule has 0 aliphatic rings. The summed E-state index contributed by atoms with van der Waals surface area (Å²) in [4.78, 5) is 11.4. The van der Waals surface area contributed by atoms with Gasteiger partial charge in [0.15, 0.2) is 11.5 Å². The SMILES string of the molecule is COc1ccc(-c2ccc(C[P+](c3ccccc3)(c3ccccc3)c3ccccc3)cc2OC)c(CCc2ccc(Oc3cc(C=O)ccc3OC)cc2OC)c1. The summed E-state index contributed by atoms with van der Waals surface area (Å²) >= 11 is 0. The van der Waals surface area contributed by atoms with Gasteiger partial charge in [-0.2, -0.15) is 0 Å². The molecule has 0 bridgehead atoms. The van der Waals surface area contributed by atoms with Crippen LogP contribution < -0.4 is 39.6 Å². The molecule has 286 valence electrons. The van der Waals surface area contributed by atoms with Crippen LogP contribution in [0.2, 0.25) is 0 Å². The van der Waals surface area contributed by atoms with Gasteiger partial charge in [0.25, 0.3) is 0 Å². The summed E-state index contributed by atoms with van der Waals surface area (Å²) in [5.74, 6) is 3.86. The summed E-state index contributed by atoms with van der Waals surface area (Å²) in [6.07, 6.45) is 3.04. The maximum absolute atomic E-state index is 11.4. The zero-order valence-corrected chi connectivity index (χ0v) is 33.6. The van der Waals surface area contributed by atoms with Crippen molar-refractivity contribution < 1.29 is 28.5 Å². The van der Waals surface area contributed by atoms with E-state index in [0.717, 1.165) is 46.2 Å². The van der Waals surface area contributed by atoms with E-state index in [-0.39, 0.29) is 0 Å². The van der Waals surface area contributed by atoms with Crippen LogP contribution in [0.5, 0.6) is 34.5 Å². The van der Waals surface area contributed by atoms with Crippen molar-refractivity contribution in [2.24, 2.45) is 0 Å². The van der Waals surface area contributed by atoms with E-state index in [1.165, 1.54) is 21.5 Å². The molecular formula is C50H46O6P+. The molecule has 0 aliphatic heterocycles. The maximum Gasteiger partial charge on any atom is 0.169 e. The number of aryl methyl sites for hydroxylation is 2. The number of hydrogen-bond donors (Lipinski definition) is 0. The van der Waals surface area contributed by atoms with Crippen molar-refractivity contribution in [2.45, 2.75) is 19.0 Å². The number of ether oxygens (including phenoxy) is 5. The third kappa shape index (κ3) is 8.42. The van der Waals surface area contributed by atoms with Crippen molar-refractivity contribution in [3.8, 4) is 45.6 Å². The van der Waals surface area contributed by atoms with Crippen LogP contribution in [0.15, 0.2) is 164 Å². The number of benzene rings is 7. The molecule has 7 rings (SSSR count). The molecular weight excluding hydrogens is 728 g/mol. The van der Waals surface area contributed by atoms with Crippen LogP contribution in [0.1, 0.15) is 27.0 Å². The van der Waals surface area contributed by atoms with Gasteiger partial charge in [-0.25, -0.2) is 0 Å². The Morgan fingerprint density at radius 2 is 1.04 bits per heavy atom. The van der Waals surface area contributed by atoms with Crippen molar-refractivity contribution in [3.63, 3.8) is 0 Å². The minimum absolute atomic E-state index is 0.450. The lowest BCUT2D eigenvalue weighted by molar-refractivity contribution is 0.112. The van der Waals surface area contributed by atoms with Crippen LogP contribution in [0, 0.1) is 0 Å². The van der Waals surface area contributed by atoms with E-state index in [4.69, 9.17) is 23.7 Å². The summed E-state index contributed by atoms with van der Waals surface area (Å²) in [6, 6.07) is 56.6. The van der Waals surface area contributed by atoms with Crippen LogP contribution in [-0.4, -0.2) is 34.7 Å². The molecule has 57 heavy (non-hydrogen) atoms. The molecule has 0 amide bonds. The normalized spacial score (nSPS) is 11.1. The van der Waals surface area contributed by atoms with Crippen molar-refractivity contribution in [1.29, 1.82) is 0 Å². The first-order valence-electron chi connectivity index (χ1n) is 18.9. The maximum atomic E-state index is 11.4. The van der Waals surface area contributed by atoms with Gasteiger partial charge in [0.1, 0.15) is 52.5 Å². The second kappa shape index (κ2) is 18.1. The van der Waals surface area contributed by atoms with E-state index in [9.17, 15) is 4.79 Å². The van der Waals surface area contributed by atoms with Gasteiger partial charge in [-0.3, -0.25) is 4.79 Å². The first-order valence-corrected chi connectivity index (χ1v) is 20.8. The molecule has 0 radical (unpaired) electrons. The predicted molar refractivity (Wildman–Crippen MR) is 233 cm³/mol. The zero-order valence-electron chi connectivity index (χ0n) is 32.7. The molecule has 0 saturated carbocycles. The lowest BCUT2D eigenvalue weighted by Crippen LogP contribution is -2.32. The van der Waals surface area contributed by atoms with E-state index >= 15 is 0 Å². The Labute approximate surface area is 336 Å². The van der Waals surface area contributed by atoms with Gasteiger partial charge in [-0.1, -0.05) is 78.9 Å². The molecule has 0 atom stereocenters. The number of rotatable bonds is 16. The Kier molecular flexibility index (Phi) is 12.3. The lowest BCUT2D eigenvalue weighted by atomic mass is 9.93. The summed E-state index contributed by atoms with van der Waals surface area (Å²) in [7, 11) is 4.56. The Morgan fingerprint density at radius 3 is 1.61 bits per heavy atom. The number of hydrogen-bond acceptors (Lipinski definition) is 6. The highest BCUT2D eigenvalue weighted by atomic mass is 31.2. The van der Waals surface area contributed by atoms with Crippen molar-refractivity contribution >= 4 is 29.5 Å². The van der Waals surface area contributed by atoms with Gasteiger partial charge < -0.3 is 23.7 Å². The van der Waals surface area contributed by atoms with E-state index in [0.29, 0.717) is 41.4 Å². The quantitative estimate of drug-likeness (QED) is 0.0720. The first-order chi connectivity index (χ1) is 28.0. The molecule has 0 spiro atoms.